The highest BCUT2D eigenvalue weighted by molar-refractivity contribution is 5.78. The van der Waals surface area contributed by atoms with Crippen LogP contribution < -0.4 is 0 Å². The molecule has 1 saturated heterocycles. The summed E-state index contributed by atoms with van der Waals surface area (Å²) >= 11 is 0. The molecule has 1 aromatic heterocycles. The van der Waals surface area contributed by atoms with Crippen molar-refractivity contribution in [2.75, 3.05) is 32.7 Å². The van der Waals surface area contributed by atoms with Gasteiger partial charge in [0.1, 0.15) is 11.6 Å². The van der Waals surface area contributed by atoms with Crippen molar-refractivity contribution in [3.63, 3.8) is 0 Å². The highest BCUT2D eigenvalue weighted by Crippen LogP contribution is 2.35. The molecule has 2 aliphatic heterocycles. The first-order valence-electron chi connectivity index (χ1n) is 10.9. The number of aromatic nitrogens is 2. The standard InChI is InChI=1S/C23H31FN4O/c1-3-26-11-13-27(14-12-26)23(29)15-19(18-8-4-5-9-20(18)24)21-16-25-22-10-6-7-17(2)28(21)22/h4-5,8-9,16-17,19H,3,6-7,10-15H2,1-2H3. The van der Waals surface area contributed by atoms with Crippen molar-refractivity contribution in [1.29, 1.82) is 0 Å². The number of rotatable bonds is 5. The van der Waals surface area contributed by atoms with Gasteiger partial charge in [-0.05, 0) is 37.9 Å². The second-order valence-electron chi connectivity index (χ2n) is 8.30. The molecule has 0 N–H and O–H groups in total. The van der Waals surface area contributed by atoms with E-state index < -0.39 is 0 Å². The number of hydrogen-bond donors (Lipinski definition) is 0. The molecule has 2 atom stereocenters. The first-order chi connectivity index (χ1) is 14.1. The van der Waals surface area contributed by atoms with E-state index in [9.17, 15) is 9.18 Å². The molecule has 0 aliphatic carbocycles. The number of halogens is 1. The predicted molar refractivity (Wildman–Crippen MR) is 111 cm³/mol. The summed E-state index contributed by atoms with van der Waals surface area (Å²) in [5, 5.41) is 0. The minimum Gasteiger partial charge on any atom is -0.340 e. The van der Waals surface area contributed by atoms with Gasteiger partial charge in [0, 0.05) is 62.9 Å². The third-order valence-corrected chi connectivity index (χ3v) is 6.55. The van der Waals surface area contributed by atoms with Crippen molar-refractivity contribution in [2.24, 2.45) is 0 Å². The van der Waals surface area contributed by atoms with Crippen molar-refractivity contribution in [3.8, 4) is 0 Å². The summed E-state index contributed by atoms with van der Waals surface area (Å²) in [4.78, 5) is 22.1. The van der Waals surface area contributed by atoms with E-state index in [4.69, 9.17) is 0 Å². The topological polar surface area (TPSA) is 41.4 Å². The summed E-state index contributed by atoms with van der Waals surface area (Å²) in [6, 6.07) is 7.19. The fourth-order valence-electron chi connectivity index (χ4n) is 4.80. The molecule has 0 saturated carbocycles. The van der Waals surface area contributed by atoms with Crippen LogP contribution in [0.15, 0.2) is 30.5 Å². The van der Waals surface area contributed by atoms with Gasteiger partial charge in [-0.25, -0.2) is 9.37 Å². The van der Waals surface area contributed by atoms with Gasteiger partial charge in [0.2, 0.25) is 5.91 Å². The molecule has 6 heteroatoms. The number of carbonyl (C=O) groups excluding carboxylic acids is 1. The van der Waals surface area contributed by atoms with Crippen LogP contribution in [0.5, 0.6) is 0 Å². The molecular formula is C23H31FN4O. The van der Waals surface area contributed by atoms with E-state index in [1.807, 2.05) is 23.2 Å². The number of amides is 1. The van der Waals surface area contributed by atoms with Crippen LogP contribution in [0.2, 0.25) is 0 Å². The molecule has 1 aromatic carbocycles. The zero-order valence-corrected chi connectivity index (χ0v) is 17.5. The number of aryl methyl sites for hydroxylation is 1. The van der Waals surface area contributed by atoms with Crippen LogP contribution in [0.1, 0.15) is 62.2 Å². The molecule has 2 aliphatic rings. The minimum absolute atomic E-state index is 0.105. The lowest BCUT2D eigenvalue weighted by Crippen LogP contribution is -2.48. The third kappa shape index (κ3) is 4.08. The Labute approximate surface area is 172 Å². The Kier molecular flexibility index (Phi) is 5.99. The van der Waals surface area contributed by atoms with Crippen LogP contribution in [0.4, 0.5) is 4.39 Å². The normalized spacial score (nSPS) is 21.1. The minimum atomic E-state index is -0.310. The first kappa shape index (κ1) is 20.1. The number of hydrogen-bond acceptors (Lipinski definition) is 3. The quantitative estimate of drug-likeness (QED) is 0.773. The number of likely N-dealkylation sites (N-methyl/N-ethyl adjacent to an activating group) is 1. The molecule has 29 heavy (non-hydrogen) atoms. The van der Waals surface area contributed by atoms with Gasteiger partial charge in [-0.15, -0.1) is 0 Å². The van der Waals surface area contributed by atoms with Gasteiger partial charge in [-0.2, -0.15) is 0 Å². The zero-order valence-electron chi connectivity index (χ0n) is 17.5. The largest absolute Gasteiger partial charge is 0.340 e. The second-order valence-corrected chi connectivity index (χ2v) is 8.30. The molecule has 3 heterocycles. The van der Waals surface area contributed by atoms with Gasteiger partial charge < -0.3 is 14.4 Å². The highest BCUT2D eigenvalue weighted by atomic mass is 19.1. The van der Waals surface area contributed by atoms with Crippen LogP contribution >= 0.6 is 0 Å². The lowest BCUT2D eigenvalue weighted by molar-refractivity contribution is -0.133. The molecule has 2 unspecified atom stereocenters. The Bertz CT molecular complexity index is 856. The molecule has 156 valence electrons. The van der Waals surface area contributed by atoms with Crippen molar-refractivity contribution in [1.82, 2.24) is 19.4 Å². The van der Waals surface area contributed by atoms with Crippen molar-refractivity contribution in [3.05, 3.63) is 53.4 Å². The van der Waals surface area contributed by atoms with Crippen molar-refractivity contribution >= 4 is 5.91 Å². The van der Waals surface area contributed by atoms with Crippen LogP contribution in [0.3, 0.4) is 0 Å². The number of nitrogens with zero attached hydrogens (tertiary/aromatic N) is 4. The maximum absolute atomic E-state index is 14.8. The second kappa shape index (κ2) is 8.66. The van der Waals surface area contributed by atoms with Crippen molar-refractivity contribution in [2.45, 2.75) is 51.5 Å². The number of fused-ring (bicyclic) bond motifs is 1. The molecule has 0 spiro atoms. The smallest absolute Gasteiger partial charge is 0.223 e. The average molecular weight is 399 g/mol. The highest BCUT2D eigenvalue weighted by Gasteiger charge is 2.31. The van der Waals surface area contributed by atoms with E-state index in [1.54, 1.807) is 6.07 Å². The van der Waals surface area contributed by atoms with Gasteiger partial charge in [-0.3, -0.25) is 4.79 Å². The summed E-state index contributed by atoms with van der Waals surface area (Å²) < 4.78 is 17.0. The monoisotopic (exact) mass is 398 g/mol. The Balaban J connectivity index is 1.63. The Morgan fingerprint density at radius 2 is 2.00 bits per heavy atom. The van der Waals surface area contributed by atoms with Crippen LogP contribution in [-0.4, -0.2) is 58.0 Å². The Morgan fingerprint density at radius 3 is 2.72 bits per heavy atom. The lowest BCUT2D eigenvalue weighted by Gasteiger charge is -2.35. The average Bonchev–Trinajstić information content (AvgIpc) is 3.18. The zero-order chi connectivity index (χ0) is 20.4. The van der Waals surface area contributed by atoms with Gasteiger partial charge in [0.25, 0.3) is 0 Å². The summed E-state index contributed by atoms with van der Waals surface area (Å²) in [5.41, 5.74) is 1.56. The number of imidazole rings is 1. The molecular weight excluding hydrogens is 367 g/mol. The SMILES string of the molecule is CCN1CCN(C(=O)CC(c2ccccc2F)c2cnc3n2C(C)CCC3)CC1. The van der Waals surface area contributed by atoms with E-state index in [2.05, 4.69) is 28.3 Å². The Morgan fingerprint density at radius 1 is 1.24 bits per heavy atom. The number of benzene rings is 1. The van der Waals surface area contributed by atoms with Gasteiger partial charge >= 0.3 is 0 Å². The molecule has 4 rings (SSSR count). The summed E-state index contributed by atoms with van der Waals surface area (Å²) in [5.74, 6) is 0.604. The van der Waals surface area contributed by atoms with E-state index in [0.29, 0.717) is 11.6 Å². The van der Waals surface area contributed by atoms with E-state index in [1.165, 1.54) is 6.07 Å². The van der Waals surface area contributed by atoms with Crippen molar-refractivity contribution < 1.29 is 9.18 Å². The van der Waals surface area contributed by atoms with Gasteiger partial charge in [-0.1, -0.05) is 25.1 Å². The third-order valence-electron chi connectivity index (χ3n) is 6.55. The molecule has 0 radical (unpaired) electrons. The van der Waals surface area contributed by atoms with Crippen LogP contribution in [0, 0.1) is 5.82 Å². The number of piperazine rings is 1. The lowest BCUT2D eigenvalue weighted by atomic mass is 9.90. The molecule has 2 aromatic rings. The van der Waals surface area contributed by atoms with Gasteiger partial charge in [0.15, 0.2) is 0 Å². The fourth-order valence-corrected chi connectivity index (χ4v) is 4.80. The first-order valence-corrected chi connectivity index (χ1v) is 10.9. The maximum atomic E-state index is 14.8. The number of carbonyl (C=O) groups is 1. The summed E-state index contributed by atoms with van der Waals surface area (Å²) in [6.07, 6.45) is 5.32. The molecule has 5 nitrogen and oxygen atoms in total. The summed E-state index contributed by atoms with van der Waals surface area (Å²) in [7, 11) is 0. The molecule has 1 amide bonds. The van der Waals surface area contributed by atoms with E-state index in [-0.39, 0.29) is 24.1 Å². The van der Waals surface area contributed by atoms with Crippen LogP contribution in [-0.2, 0) is 11.2 Å². The van der Waals surface area contributed by atoms with E-state index in [0.717, 1.165) is 63.5 Å². The molecule has 0 bridgehead atoms. The summed E-state index contributed by atoms with van der Waals surface area (Å²) in [6.45, 7) is 8.67. The maximum Gasteiger partial charge on any atom is 0.223 e. The fraction of sp³-hybridized carbons (Fsp3) is 0.565. The van der Waals surface area contributed by atoms with Gasteiger partial charge in [0.05, 0.1) is 0 Å². The van der Waals surface area contributed by atoms with E-state index >= 15 is 0 Å². The molecule has 1 fully saturated rings. The predicted octanol–water partition coefficient (Wildman–Crippen LogP) is 3.61. The van der Waals surface area contributed by atoms with Crippen LogP contribution in [0.25, 0.3) is 0 Å². The Hall–Kier alpha value is -2.21.